The van der Waals surface area contributed by atoms with E-state index in [1.54, 1.807) is 6.92 Å². The summed E-state index contributed by atoms with van der Waals surface area (Å²) in [6, 6.07) is 5.38. The minimum atomic E-state index is -0.557. The summed E-state index contributed by atoms with van der Waals surface area (Å²) >= 11 is 1.11. The van der Waals surface area contributed by atoms with Gasteiger partial charge in [0, 0.05) is 5.69 Å². The van der Waals surface area contributed by atoms with Gasteiger partial charge in [-0.1, -0.05) is 0 Å². The third-order valence-corrected chi connectivity index (χ3v) is 3.26. The van der Waals surface area contributed by atoms with Crippen molar-refractivity contribution >= 4 is 35.1 Å². The Kier molecular flexibility index (Phi) is 7.45. The number of anilines is 1. The lowest BCUT2D eigenvalue weighted by Crippen LogP contribution is -2.17. The average molecular weight is 313 g/mol. The van der Waals surface area contributed by atoms with Gasteiger partial charge in [-0.3, -0.25) is 14.4 Å². The van der Waals surface area contributed by atoms with E-state index in [-0.39, 0.29) is 42.0 Å². The number of amides is 1. The number of hydrogen-bond acceptors (Lipinski definition) is 5. The molecular formula is C14H16FNO4S. The number of halogens is 1. The molecule has 1 N–H and O–H groups in total. The van der Waals surface area contributed by atoms with E-state index in [0.717, 1.165) is 11.8 Å². The van der Waals surface area contributed by atoms with Crippen LogP contribution in [0.2, 0.25) is 0 Å². The minimum absolute atomic E-state index is 0.0651. The van der Waals surface area contributed by atoms with Gasteiger partial charge in [-0.25, -0.2) is 4.39 Å². The second-order valence-corrected chi connectivity index (χ2v) is 5.05. The number of rotatable bonds is 8. The smallest absolute Gasteiger partial charge is 0.313 e. The van der Waals surface area contributed by atoms with E-state index in [9.17, 15) is 18.8 Å². The van der Waals surface area contributed by atoms with Crippen molar-refractivity contribution in [1.82, 2.24) is 0 Å². The summed E-state index contributed by atoms with van der Waals surface area (Å²) < 4.78 is 17.3. The van der Waals surface area contributed by atoms with Gasteiger partial charge >= 0.3 is 5.97 Å². The SMILES string of the molecule is CCOC(=O)CC(=O)CSCC(=O)Nc1ccc(F)cc1. The molecule has 0 atom stereocenters. The summed E-state index contributed by atoms with van der Waals surface area (Å²) in [6.07, 6.45) is -0.277. The van der Waals surface area contributed by atoms with Crippen LogP contribution in [0.4, 0.5) is 10.1 Å². The molecule has 5 nitrogen and oxygen atoms in total. The molecule has 0 spiro atoms. The van der Waals surface area contributed by atoms with Gasteiger partial charge in [-0.2, -0.15) is 0 Å². The Morgan fingerprint density at radius 1 is 1.19 bits per heavy atom. The number of nitrogens with one attached hydrogen (secondary N) is 1. The minimum Gasteiger partial charge on any atom is -0.466 e. The lowest BCUT2D eigenvalue weighted by atomic mass is 10.3. The van der Waals surface area contributed by atoms with Crippen molar-refractivity contribution in [3.8, 4) is 0 Å². The second-order valence-electron chi connectivity index (χ2n) is 4.07. The van der Waals surface area contributed by atoms with Crippen LogP contribution in [0, 0.1) is 5.82 Å². The van der Waals surface area contributed by atoms with Crippen LogP contribution in [0.3, 0.4) is 0 Å². The van der Waals surface area contributed by atoms with Gasteiger partial charge in [-0.15, -0.1) is 11.8 Å². The fraction of sp³-hybridized carbons (Fsp3) is 0.357. The van der Waals surface area contributed by atoms with Crippen LogP contribution in [0.5, 0.6) is 0 Å². The highest BCUT2D eigenvalue weighted by atomic mass is 32.2. The second kappa shape index (κ2) is 9.12. The van der Waals surface area contributed by atoms with Crippen LogP contribution >= 0.6 is 11.8 Å². The number of ether oxygens (including phenoxy) is 1. The standard InChI is InChI=1S/C14H16FNO4S/c1-2-20-14(19)7-12(17)8-21-9-13(18)16-11-5-3-10(15)4-6-11/h3-6H,2,7-9H2,1H3,(H,16,18). The van der Waals surface area contributed by atoms with Crippen molar-refractivity contribution in [2.45, 2.75) is 13.3 Å². The number of thioether (sulfide) groups is 1. The fourth-order valence-electron chi connectivity index (χ4n) is 1.41. The summed E-state index contributed by atoms with van der Waals surface area (Å²) in [5.74, 6) is -1.38. The number of carbonyl (C=O) groups excluding carboxylic acids is 3. The van der Waals surface area contributed by atoms with E-state index in [0.29, 0.717) is 5.69 Å². The summed E-state index contributed by atoms with van der Waals surface area (Å²) in [4.78, 5) is 34.0. The van der Waals surface area contributed by atoms with E-state index in [1.807, 2.05) is 0 Å². The highest BCUT2D eigenvalue weighted by Crippen LogP contribution is 2.09. The Bertz CT molecular complexity index is 504. The maximum Gasteiger partial charge on any atom is 0.313 e. The Morgan fingerprint density at radius 3 is 2.48 bits per heavy atom. The summed E-state index contributed by atoms with van der Waals surface area (Å²) in [6.45, 7) is 1.90. The third-order valence-electron chi connectivity index (χ3n) is 2.27. The zero-order valence-corrected chi connectivity index (χ0v) is 12.4. The molecule has 0 saturated heterocycles. The van der Waals surface area contributed by atoms with E-state index in [2.05, 4.69) is 10.1 Å². The molecular weight excluding hydrogens is 297 g/mol. The molecule has 0 radical (unpaired) electrons. The van der Waals surface area contributed by atoms with Crippen LogP contribution in [0.25, 0.3) is 0 Å². The molecule has 0 bridgehead atoms. The van der Waals surface area contributed by atoms with Gasteiger partial charge in [0.25, 0.3) is 0 Å². The van der Waals surface area contributed by atoms with E-state index in [4.69, 9.17) is 0 Å². The first-order valence-electron chi connectivity index (χ1n) is 6.31. The first kappa shape index (κ1) is 17.2. The van der Waals surface area contributed by atoms with Crippen molar-refractivity contribution in [2.24, 2.45) is 0 Å². The van der Waals surface area contributed by atoms with E-state index >= 15 is 0 Å². The number of Topliss-reactive ketones (excluding diaryl/α,β-unsaturated/α-hetero) is 1. The zero-order valence-electron chi connectivity index (χ0n) is 11.6. The van der Waals surface area contributed by atoms with Crippen LogP contribution in [0.15, 0.2) is 24.3 Å². The van der Waals surface area contributed by atoms with Gasteiger partial charge in [0.1, 0.15) is 12.2 Å². The van der Waals surface area contributed by atoms with Crippen molar-refractivity contribution in [3.05, 3.63) is 30.1 Å². The molecule has 1 aromatic carbocycles. The molecule has 0 saturated carbocycles. The van der Waals surface area contributed by atoms with Gasteiger partial charge in [0.2, 0.25) is 5.91 Å². The number of esters is 1. The van der Waals surface area contributed by atoms with Gasteiger partial charge in [-0.05, 0) is 31.2 Å². The van der Waals surface area contributed by atoms with Crippen molar-refractivity contribution in [3.63, 3.8) is 0 Å². The van der Waals surface area contributed by atoms with Crippen LogP contribution in [-0.4, -0.2) is 35.8 Å². The maximum absolute atomic E-state index is 12.7. The van der Waals surface area contributed by atoms with Crippen LogP contribution < -0.4 is 5.32 Å². The molecule has 1 aromatic rings. The molecule has 0 heterocycles. The third kappa shape index (κ3) is 7.45. The molecule has 0 aliphatic rings. The molecule has 7 heteroatoms. The molecule has 0 aliphatic heterocycles. The van der Waals surface area contributed by atoms with Crippen molar-refractivity contribution in [2.75, 3.05) is 23.4 Å². The largest absolute Gasteiger partial charge is 0.466 e. The van der Waals surface area contributed by atoms with Gasteiger partial charge in [0.05, 0.1) is 18.1 Å². The van der Waals surface area contributed by atoms with Crippen molar-refractivity contribution < 1.29 is 23.5 Å². The highest BCUT2D eigenvalue weighted by Gasteiger charge is 2.11. The summed E-state index contributed by atoms with van der Waals surface area (Å²) in [5, 5.41) is 2.57. The molecule has 1 amide bonds. The predicted octanol–water partition coefficient (Wildman–Crippen LogP) is 2.02. The lowest BCUT2D eigenvalue weighted by Gasteiger charge is -2.05. The average Bonchev–Trinajstić information content (AvgIpc) is 2.41. The molecule has 0 aromatic heterocycles. The Morgan fingerprint density at radius 2 is 1.86 bits per heavy atom. The monoisotopic (exact) mass is 313 g/mol. The fourth-order valence-corrected chi connectivity index (χ4v) is 2.10. The van der Waals surface area contributed by atoms with Gasteiger partial charge in [0.15, 0.2) is 5.78 Å². The van der Waals surface area contributed by atoms with Gasteiger partial charge < -0.3 is 10.1 Å². The number of carbonyl (C=O) groups is 3. The highest BCUT2D eigenvalue weighted by molar-refractivity contribution is 8.00. The number of ketones is 1. The molecule has 0 aliphatic carbocycles. The van der Waals surface area contributed by atoms with Crippen molar-refractivity contribution in [1.29, 1.82) is 0 Å². The summed E-state index contributed by atoms with van der Waals surface area (Å²) in [7, 11) is 0. The summed E-state index contributed by atoms with van der Waals surface area (Å²) in [5.41, 5.74) is 0.486. The molecule has 114 valence electrons. The zero-order chi connectivity index (χ0) is 15.7. The maximum atomic E-state index is 12.7. The Labute approximate surface area is 126 Å². The quantitative estimate of drug-likeness (QED) is 0.587. The van der Waals surface area contributed by atoms with Crippen LogP contribution in [0.1, 0.15) is 13.3 Å². The first-order valence-corrected chi connectivity index (χ1v) is 7.47. The van der Waals surface area contributed by atoms with E-state index < -0.39 is 5.97 Å². The van der Waals surface area contributed by atoms with Crippen LogP contribution in [-0.2, 0) is 19.1 Å². The number of benzene rings is 1. The first-order chi connectivity index (χ1) is 10.0. The normalized spacial score (nSPS) is 10.0. The van der Waals surface area contributed by atoms with E-state index in [1.165, 1.54) is 24.3 Å². The molecule has 0 unspecified atom stereocenters. The predicted molar refractivity (Wildman–Crippen MR) is 78.6 cm³/mol. The number of hydrogen-bond donors (Lipinski definition) is 1. The Hall–Kier alpha value is -1.89. The molecule has 21 heavy (non-hydrogen) atoms. The molecule has 1 rings (SSSR count). The lowest BCUT2D eigenvalue weighted by molar-refractivity contribution is -0.145. The molecule has 0 fully saturated rings. The Balaban J connectivity index is 2.22. The topological polar surface area (TPSA) is 72.5 Å².